The Morgan fingerprint density at radius 2 is 2.19 bits per heavy atom. The van der Waals surface area contributed by atoms with Gasteiger partial charge in [-0.3, -0.25) is 4.90 Å². The third-order valence-electron chi connectivity index (χ3n) is 5.34. The second-order valence-electron chi connectivity index (χ2n) is 7.61. The Bertz CT molecular complexity index is 793. The zero-order chi connectivity index (χ0) is 18.5. The molecule has 1 aliphatic heterocycles. The highest BCUT2D eigenvalue weighted by Gasteiger charge is 2.29. The van der Waals surface area contributed by atoms with E-state index < -0.39 is 0 Å². The van der Waals surface area contributed by atoms with E-state index in [4.69, 9.17) is 14.5 Å². The molecule has 0 spiro atoms. The summed E-state index contributed by atoms with van der Waals surface area (Å²) in [6.07, 6.45) is 6.68. The molecule has 0 amide bonds. The zero-order valence-electron chi connectivity index (χ0n) is 15.6. The second-order valence-corrected chi connectivity index (χ2v) is 7.61. The molecular weight excluding hydrogens is 340 g/mol. The van der Waals surface area contributed by atoms with Gasteiger partial charge in [-0.15, -0.1) is 0 Å². The van der Waals surface area contributed by atoms with E-state index in [1.807, 2.05) is 18.2 Å². The standard InChI is InChI=1S/C21H26N4O2/c22-13-17-4-3-5-18(12-17)14-25-10-2-1-6-19(25)21-23-20(24-27-21)9-11-26-15-16-7-8-16/h3-5,12,16,19H,1-2,6-11,14-15H2. The van der Waals surface area contributed by atoms with E-state index in [-0.39, 0.29) is 6.04 Å². The summed E-state index contributed by atoms with van der Waals surface area (Å²) in [5, 5.41) is 13.3. The fraction of sp³-hybridized carbons (Fsp3) is 0.571. The molecule has 2 aromatic rings. The lowest BCUT2D eigenvalue weighted by atomic mass is 10.0. The van der Waals surface area contributed by atoms with Gasteiger partial charge in [0.15, 0.2) is 5.82 Å². The van der Waals surface area contributed by atoms with Gasteiger partial charge in [-0.2, -0.15) is 10.2 Å². The fourth-order valence-corrected chi connectivity index (χ4v) is 3.64. The van der Waals surface area contributed by atoms with Gasteiger partial charge in [-0.25, -0.2) is 0 Å². The van der Waals surface area contributed by atoms with Crippen molar-refractivity contribution in [3.8, 4) is 6.07 Å². The molecule has 0 N–H and O–H groups in total. The summed E-state index contributed by atoms with van der Waals surface area (Å²) in [4.78, 5) is 7.03. The Balaban J connectivity index is 1.37. The molecular formula is C21H26N4O2. The molecule has 1 saturated carbocycles. The van der Waals surface area contributed by atoms with Crippen LogP contribution in [0.1, 0.15) is 61.0 Å². The molecule has 0 radical (unpaired) electrons. The normalized spacial score (nSPS) is 20.5. The van der Waals surface area contributed by atoms with Crippen LogP contribution in [0.2, 0.25) is 0 Å². The van der Waals surface area contributed by atoms with Gasteiger partial charge in [0, 0.05) is 19.6 Å². The number of nitrogens with zero attached hydrogens (tertiary/aromatic N) is 4. The highest BCUT2D eigenvalue weighted by atomic mass is 16.5. The van der Waals surface area contributed by atoms with E-state index in [0.29, 0.717) is 24.5 Å². The van der Waals surface area contributed by atoms with Crippen molar-refractivity contribution in [2.24, 2.45) is 5.92 Å². The number of hydrogen-bond donors (Lipinski definition) is 0. The van der Waals surface area contributed by atoms with Crippen molar-refractivity contribution in [3.05, 3.63) is 47.1 Å². The third kappa shape index (κ3) is 4.94. The molecule has 1 aromatic carbocycles. The Morgan fingerprint density at radius 1 is 1.26 bits per heavy atom. The SMILES string of the molecule is N#Cc1cccc(CN2CCCCC2c2nc(CCOCC3CC3)no2)c1. The number of piperidine rings is 1. The number of rotatable bonds is 8. The molecule has 6 heteroatoms. The molecule has 0 bridgehead atoms. The molecule has 1 saturated heterocycles. The van der Waals surface area contributed by atoms with Crippen molar-refractivity contribution in [3.63, 3.8) is 0 Å². The number of hydrogen-bond acceptors (Lipinski definition) is 6. The third-order valence-corrected chi connectivity index (χ3v) is 5.34. The minimum Gasteiger partial charge on any atom is -0.381 e. The summed E-state index contributed by atoms with van der Waals surface area (Å²) in [7, 11) is 0. The van der Waals surface area contributed by atoms with Crippen molar-refractivity contribution in [2.75, 3.05) is 19.8 Å². The van der Waals surface area contributed by atoms with Crippen LogP contribution >= 0.6 is 0 Å². The summed E-state index contributed by atoms with van der Waals surface area (Å²) in [5.41, 5.74) is 1.85. The van der Waals surface area contributed by atoms with Crippen molar-refractivity contribution < 1.29 is 9.26 Å². The maximum absolute atomic E-state index is 9.12. The predicted octanol–water partition coefficient (Wildman–Crippen LogP) is 3.64. The van der Waals surface area contributed by atoms with Gasteiger partial charge in [0.1, 0.15) is 0 Å². The van der Waals surface area contributed by atoms with Gasteiger partial charge < -0.3 is 9.26 Å². The number of nitriles is 1. The minimum absolute atomic E-state index is 0.151. The van der Waals surface area contributed by atoms with Gasteiger partial charge in [-0.05, 0) is 55.8 Å². The van der Waals surface area contributed by atoms with Gasteiger partial charge in [0.05, 0.1) is 24.3 Å². The molecule has 27 heavy (non-hydrogen) atoms. The van der Waals surface area contributed by atoms with E-state index in [0.717, 1.165) is 43.4 Å². The summed E-state index contributed by atoms with van der Waals surface area (Å²) < 4.78 is 11.3. The van der Waals surface area contributed by atoms with Crippen molar-refractivity contribution in [1.29, 1.82) is 5.26 Å². The molecule has 142 valence electrons. The van der Waals surface area contributed by atoms with Crippen LogP contribution in [0.25, 0.3) is 0 Å². The highest BCUT2D eigenvalue weighted by molar-refractivity contribution is 5.32. The topological polar surface area (TPSA) is 75.2 Å². The van der Waals surface area contributed by atoms with Gasteiger partial charge in [0.25, 0.3) is 0 Å². The van der Waals surface area contributed by atoms with Crippen LogP contribution in [-0.4, -0.2) is 34.8 Å². The number of benzene rings is 1. The van der Waals surface area contributed by atoms with Crippen LogP contribution in [-0.2, 0) is 17.7 Å². The average Bonchev–Trinajstić information content (AvgIpc) is 3.42. The zero-order valence-corrected chi connectivity index (χ0v) is 15.6. The lowest BCUT2D eigenvalue weighted by molar-refractivity contribution is 0.111. The molecule has 2 aliphatic rings. The Kier molecular flexibility index (Phi) is 5.81. The summed E-state index contributed by atoms with van der Waals surface area (Å²) in [5.74, 6) is 2.22. The first-order valence-electron chi connectivity index (χ1n) is 9.95. The molecule has 1 atom stereocenters. The maximum atomic E-state index is 9.12. The largest absolute Gasteiger partial charge is 0.381 e. The van der Waals surface area contributed by atoms with E-state index in [1.165, 1.54) is 25.7 Å². The lowest BCUT2D eigenvalue weighted by Gasteiger charge is -2.33. The second kappa shape index (κ2) is 8.64. The first-order valence-corrected chi connectivity index (χ1v) is 9.95. The molecule has 2 heterocycles. The number of ether oxygens (including phenoxy) is 1. The Morgan fingerprint density at radius 3 is 3.04 bits per heavy atom. The van der Waals surface area contributed by atoms with Gasteiger partial charge in [-0.1, -0.05) is 23.7 Å². The Hall–Kier alpha value is -2.23. The summed E-state index contributed by atoms with van der Waals surface area (Å²) in [6, 6.07) is 10.2. The molecule has 6 nitrogen and oxygen atoms in total. The lowest BCUT2D eigenvalue weighted by Crippen LogP contribution is -2.33. The quantitative estimate of drug-likeness (QED) is 0.664. The van der Waals surface area contributed by atoms with Crippen LogP contribution in [0.15, 0.2) is 28.8 Å². The van der Waals surface area contributed by atoms with E-state index in [2.05, 4.69) is 27.2 Å². The first kappa shape index (κ1) is 18.1. The van der Waals surface area contributed by atoms with Crippen molar-refractivity contribution >= 4 is 0 Å². The van der Waals surface area contributed by atoms with Crippen LogP contribution in [0.5, 0.6) is 0 Å². The molecule has 2 fully saturated rings. The van der Waals surface area contributed by atoms with Crippen LogP contribution in [0.3, 0.4) is 0 Å². The maximum Gasteiger partial charge on any atom is 0.244 e. The first-order chi connectivity index (χ1) is 13.3. The van der Waals surface area contributed by atoms with Crippen molar-refractivity contribution in [1.82, 2.24) is 15.0 Å². The van der Waals surface area contributed by atoms with E-state index in [1.54, 1.807) is 0 Å². The smallest absolute Gasteiger partial charge is 0.244 e. The monoisotopic (exact) mass is 366 g/mol. The van der Waals surface area contributed by atoms with Gasteiger partial charge in [0.2, 0.25) is 5.89 Å². The molecule has 4 rings (SSSR count). The van der Waals surface area contributed by atoms with E-state index in [9.17, 15) is 0 Å². The van der Waals surface area contributed by atoms with Crippen LogP contribution < -0.4 is 0 Å². The van der Waals surface area contributed by atoms with Crippen LogP contribution in [0, 0.1) is 17.2 Å². The molecule has 1 aromatic heterocycles. The predicted molar refractivity (Wildman–Crippen MR) is 99.7 cm³/mol. The highest BCUT2D eigenvalue weighted by Crippen LogP contribution is 2.31. The minimum atomic E-state index is 0.151. The Labute approximate surface area is 160 Å². The fourth-order valence-electron chi connectivity index (χ4n) is 3.64. The molecule has 1 aliphatic carbocycles. The summed E-state index contributed by atoms with van der Waals surface area (Å²) in [6.45, 7) is 3.32. The summed E-state index contributed by atoms with van der Waals surface area (Å²) >= 11 is 0. The number of likely N-dealkylation sites (tertiary alicyclic amines) is 1. The average molecular weight is 366 g/mol. The van der Waals surface area contributed by atoms with Crippen molar-refractivity contribution in [2.45, 2.75) is 51.1 Å². The molecule has 1 unspecified atom stereocenters. The van der Waals surface area contributed by atoms with Crippen LogP contribution in [0.4, 0.5) is 0 Å². The van der Waals surface area contributed by atoms with E-state index >= 15 is 0 Å². The van der Waals surface area contributed by atoms with Gasteiger partial charge >= 0.3 is 0 Å². The number of aromatic nitrogens is 2.